The average Bonchev–Trinajstić information content (AvgIpc) is 2.60. The minimum atomic E-state index is 1.09. The minimum absolute atomic E-state index is 1.09. The van der Waals surface area contributed by atoms with Crippen molar-refractivity contribution in [2.75, 3.05) is 0 Å². The first-order valence-corrected chi connectivity index (χ1v) is 7.89. The van der Waals surface area contributed by atoms with Crippen LogP contribution in [0.3, 0.4) is 0 Å². The number of hydrogen-bond donors (Lipinski definition) is 0. The molecule has 0 atom stereocenters. The minimum Gasteiger partial charge on any atom is -0.107 e. The van der Waals surface area contributed by atoms with Crippen molar-refractivity contribution in [3.05, 3.63) is 70.8 Å². The summed E-state index contributed by atoms with van der Waals surface area (Å²) in [7, 11) is 0. The highest BCUT2D eigenvalue weighted by Gasteiger charge is 1.84. The van der Waals surface area contributed by atoms with Crippen molar-refractivity contribution in [3.63, 3.8) is 0 Å². The van der Waals surface area contributed by atoms with Crippen LogP contribution in [-0.4, -0.2) is 0 Å². The standard InChI is InChI=1S/2C10H10.C4H6/c2*1-3-4-10-7-5-9(2)6-8-10;1-3-4-2/h2*5-8H,1-2H3;1-2H3. The molecule has 0 fully saturated rings. The van der Waals surface area contributed by atoms with E-state index >= 15 is 0 Å². The van der Waals surface area contributed by atoms with Crippen molar-refractivity contribution in [3.8, 4) is 35.5 Å². The molecule has 0 unspecified atom stereocenters. The van der Waals surface area contributed by atoms with Crippen LogP contribution in [-0.2, 0) is 0 Å². The molecule has 0 amide bonds. The lowest BCUT2D eigenvalue weighted by molar-refractivity contribution is 1.46. The summed E-state index contributed by atoms with van der Waals surface area (Å²) in [5.74, 6) is 17.0. The molecule has 0 aliphatic heterocycles. The Kier molecular flexibility index (Phi) is 12.1. The molecule has 24 heavy (non-hydrogen) atoms. The zero-order chi connectivity index (χ0) is 18.2. The second kappa shape index (κ2) is 13.8. The van der Waals surface area contributed by atoms with Gasteiger partial charge in [0.15, 0.2) is 0 Å². The maximum Gasteiger partial charge on any atom is 0.0245 e. The van der Waals surface area contributed by atoms with Gasteiger partial charge in [-0.2, -0.15) is 0 Å². The van der Waals surface area contributed by atoms with Gasteiger partial charge < -0.3 is 0 Å². The molecule has 0 aliphatic rings. The molecule has 0 saturated heterocycles. The van der Waals surface area contributed by atoms with Crippen LogP contribution in [0.4, 0.5) is 0 Å². The third-order valence-corrected chi connectivity index (χ3v) is 2.89. The quantitative estimate of drug-likeness (QED) is 0.542. The molecule has 2 rings (SSSR count). The summed E-state index contributed by atoms with van der Waals surface area (Å²) >= 11 is 0. The fourth-order valence-electron chi connectivity index (χ4n) is 1.56. The fourth-order valence-corrected chi connectivity index (χ4v) is 1.56. The van der Waals surface area contributed by atoms with Crippen LogP contribution >= 0.6 is 0 Å². The molecule has 0 aromatic heterocycles. The van der Waals surface area contributed by atoms with Crippen LogP contribution in [0, 0.1) is 49.4 Å². The van der Waals surface area contributed by atoms with Gasteiger partial charge in [0.1, 0.15) is 0 Å². The molecule has 0 N–H and O–H groups in total. The van der Waals surface area contributed by atoms with E-state index in [9.17, 15) is 0 Å². The van der Waals surface area contributed by atoms with Crippen LogP contribution in [0.5, 0.6) is 0 Å². The van der Waals surface area contributed by atoms with Crippen molar-refractivity contribution in [1.82, 2.24) is 0 Å². The van der Waals surface area contributed by atoms with Gasteiger partial charge in [0.05, 0.1) is 0 Å². The highest BCUT2D eigenvalue weighted by Crippen LogP contribution is 2.01. The predicted octanol–water partition coefficient (Wildman–Crippen LogP) is 5.76. The number of hydrogen-bond acceptors (Lipinski definition) is 0. The van der Waals surface area contributed by atoms with E-state index in [2.05, 4.69) is 73.6 Å². The first-order chi connectivity index (χ1) is 11.6. The van der Waals surface area contributed by atoms with E-state index in [1.54, 1.807) is 0 Å². The van der Waals surface area contributed by atoms with Gasteiger partial charge in [-0.3, -0.25) is 0 Å². The van der Waals surface area contributed by atoms with E-state index in [1.165, 1.54) is 11.1 Å². The molecule has 2 aromatic rings. The molecule has 0 bridgehead atoms. The highest BCUT2D eigenvalue weighted by molar-refractivity contribution is 5.36. The van der Waals surface area contributed by atoms with E-state index in [-0.39, 0.29) is 0 Å². The Labute approximate surface area is 148 Å². The van der Waals surface area contributed by atoms with Gasteiger partial charge in [-0.15, -0.1) is 23.7 Å². The van der Waals surface area contributed by atoms with Gasteiger partial charge in [-0.1, -0.05) is 47.2 Å². The molecule has 0 radical (unpaired) electrons. The number of rotatable bonds is 0. The van der Waals surface area contributed by atoms with E-state index in [1.807, 2.05) is 52.0 Å². The van der Waals surface area contributed by atoms with Gasteiger partial charge in [0.25, 0.3) is 0 Å². The SMILES string of the molecule is CC#CC.CC#Cc1ccc(C)cc1.CC#Cc1ccc(C)cc1. The molecule has 0 heterocycles. The monoisotopic (exact) mass is 314 g/mol. The van der Waals surface area contributed by atoms with Crippen LogP contribution in [0.1, 0.15) is 49.9 Å². The summed E-state index contributed by atoms with van der Waals surface area (Å²) < 4.78 is 0. The lowest BCUT2D eigenvalue weighted by atomic mass is 10.2. The first kappa shape index (κ1) is 21.1. The maximum absolute atomic E-state index is 2.98. The second-order valence-corrected chi connectivity index (χ2v) is 4.98. The molecule has 0 spiro atoms. The van der Waals surface area contributed by atoms with Crippen molar-refractivity contribution in [1.29, 1.82) is 0 Å². The van der Waals surface area contributed by atoms with Crippen molar-refractivity contribution >= 4 is 0 Å². The normalized spacial score (nSPS) is 7.42. The van der Waals surface area contributed by atoms with Crippen LogP contribution < -0.4 is 0 Å². The van der Waals surface area contributed by atoms with Crippen LogP contribution in [0.15, 0.2) is 48.5 Å². The average molecular weight is 314 g/mol. The van der Waals surface area contributed by atoms with Gasteiger partial charge in [-0.05, 0) is 65.8 Å². The summed E-state index contributed by atoms with van der Waals surface area (Å²) in [5.41, 5.74) is 4.74. The topological polar surface area (TPSA) is 0 Å². The molecule has 0 saturated carbocycles. The first-order valence-electron chi connectivity index (χ1n) is 7.89. The fraction of sp³-hybridized carbons (Fsp3) is 0.250. The lowest BCUT2D eigenvalue weighted by Crippen LogP contribution is -1.73. The van der Waals surface area contributed by atoms with Gasteiger partial charge in [0.2, 0.25) is 0 Å². The Balaban J connectivity index is 0.000000363. The highest BCUT2D eigenvalue weighted by atomic mass is 13.9. The Bertz CT molecular complexity index is 689. The Morgan fingerprint density at radius 2 is 0.750 bits per heavy atom. The summed E-state index contributed by atoms with van der Waals surface area (Å²) in [6, 6.07) is 16.4. The maximum atomic E-state index is 2.98. The van der Waals surface area contributed by atoms with E-state index in [0.29, 0.717) is 0 Å². The van der Waals surface area contributed by atoms with E-state index in [4.69, 9.17) is 0 Å². The second-order valence-electron chi connectivity index (χ2n) is 4.98. The Morgan fingerprint density at radius 3 is 0.958 bits per heavy atom. The number of benzene rings is 2. The molecule has 0 nitrogen and oxygen atoms in total. The van der Waals surface area contributed by atoms with Crippen LogP contribution in [0.25, 0.3) is 0 Å². The van der Waals surface area contributed by atoms with Crippen LogP contribution in [0.2, 0.25) is 0 Å². The van der Waals surface area contributed by atoms with Crippen molar-refractivity contribution in [2.45, 2.75) is 41.5 Å². The zero-order valence-electron chi connectivity index (χ0n) is 15.6. The molecule has 0 aliphatic carbocycles. The third kappa shape index (κ3) is 10.8. The smallest absolute Gasteiger partial charge is 0.0245 e. The van der Waals surface area contributed by atoms with Gasteiger partial charge in [0, 0.05) is 11.1 Å². The van der Waals surface area contributed by atoms with Gasteiger partial charge in [-0.25, -0.2) is 0 Å². The lowest BCUT2D eigenvalue weighted by Gasteiger charge is -1.90. The summed E-state index contributed by atoms with van der Waals surface area (Å²) in [4.78, 5) is 0. The van der Waals surface area contributed by atoms with Crippen molar-refractivity contribution < 1.29 is 0 Å². The zero-order valence-corrected chi connectivity index (χ0v) is 15.6. The summed E-state index contributed by atoms with van der Waals surface area (Å²) in [6.45, 7) is 11.5. The largest absolute Gasteiger partial charge is 0.107 e. The predicted molar refractivity (Wildman–Crippen MR) is 107 cm³/mol. The Morgan fingerprint density at radius 1 is 0.458 bits per heavy atom. The molecule has 0 heteroatoms. The van der Waals surface area contributed by atoms with E-state index < -0.39 is 0 Å². The number of aryl methyl sites for hydroxylation is 2. The molecule has 122 valence electrons. The summed E-state index contributed by atoms with van der Waals surface area (Å²) in [5, 5.41) is 0. The Hall–Kier alpha value is -2.88. The molecule has 2 aromatic carbocycles. The van der Waals surface area contributed by atoms with Crippen molar-refractivity contribution in [2.24, 2.45) is 0 Å². The summed E-state index contributed by atoms with van der Waals surface area (Å²) in [6.07, 6.45) is 0. The van der Waals surface area contributed by atoms with E-state index in [0.717, 1.165) is 11.1 Å². The molecular formula is C24H26. The van der Waals surface area contributed by atoms with Gasteiger partial charge >= 0.3 is 0 Å². The molecular weight excluding hydrogens is 288 g/mol. The third-order valence-electron chi connectivity index (χ3n) is 2.89.